The molecule has 1 aliphatic heterocycles. The summed E-state index contributed by atoms with van der Waals surface area (Å²) >= 11 is 6.46. The molecule has 1 saturated heterocycles. The van der Waals surface area contributed by atoms with Gasteiger partial charge in [0.15, 0.2) is 5.65 Å². The average Bonchev–Trinajstić information content (AvgIpc) is 3.24. The number of aromatic nitrogens is 3. The summed E-state index contributed by atoms with van der Waals surface area (Å²) in [6, 6.07) is 20.6. The Kier molecular flexibility index (Phi) is 6.88. The van der Waals surface area contributed by atoms with Gasteiger partial charge in [0, 0.05) is 42.5 Å². The van der Waals surface area contributed by atoms with Gasteiger partial charge in [0.25, 0.3) is 0 Å². The van der Waals surface area contributed by atoms with Crippen molar-refractivity contribution in [3.8, 4) is 11.3 Å². The zero-order valence-corrected chi connectivity index (χ0v) is 20.2. The molecule has 1 N–H and O–H groups in total. The van der Waals surface area contributed by atoms with Gasteiger partial charge in [0.05, 0.1) is 5.69 Å². The van der Waals surface area contributed by atoms with E-state index in [4.69, 9.17) is 24.4 Å². The molecule has 0 aliphatic carbocycles. The lowest BCUT2D eigenvalue weighted by atomic mass is 9.95. The van der Waals surface area contributed by atoms with E-state index in [9.17, 15) is 0 Å². The molecule has 1 aliphatic rings. The maximum Gasteiger partial charge on any atom is 0.150 e. The summed E-state index contributed by atoms with van der Waals surface area (Å²) in [4.78, 5) is 7.35. The van der Waals surface area contributed by atoms with Crippen LogP contribution in [0.4, 0.5) is 5.82 Å². The number of piperidine rings is 1. The highest BCUT2D eigenvalue weighted by molar-refractivity contribution is 6.36. The number of halogens is 1. The highest BCUT2D eigenvalue weighted by Crippen LogP contribution is 2.29. The molecule has 2 aromatic heterocycles. The fourth-order valence-corrected chi connectivity index (χ4v) is 5.15. The van der Waals surface area contributed by atoms with Crippen molar-refractivity contribution in [1.82, 2.24) is 19.5 Å². The van der Waals surface area contributed by atoms with E-state index in [1.54, 1.807) is 10.7 Å². The molecule has 172 valence electrons. The van der Waals surface area contributed by atoms with Crippen LogP contribution in [0.5, 0.6) is 0 Å². The molecule has 2 radical (unpaired) electrons. The van der Waals surface area contributed by atoms with Crippen molar-refractivity contribution in [1.29, 1.82) is 0 Å². The fraction of sp³-hybridized carbons (Fsp3) is 0.333. The van der Waals surface area contributed by atoms with Crippen molar-refractivity contribution in [2.75, 3.05) is 31.5 Å². The Balaban J connectivity index is 1.30. The van der Waals surface area contributed by atoms with Crippen LogP contribution < -0.4 is 10.8 Å². The maximum atomic E-state index is 6.46. The van der Waals surface area contributed by atoms with Gasteiger partial charge in [-0.25, -0.2) is 4.98 Å². The molecule has 34 heavy (non-hydrogen) atoms. The quantitative estimate of drug-likeness (QED) is 0.396. The van der Waals surface area contributed by atoms with Crippen molar-refractivity contribution in [2.45, 2.75) is 25.7 Å². The monoisotopic (exact) mass is 469 g/mol. The summed E-state index contributed by atoms with van der Waals surface area (Å²) in [5.41, 5.74) is 4.27. The van der Waals surface area contributed by atoms with Crippen LogP contribution in [0, 0.1) is 5.92 Å². The molecular weight excluding hydrogens is 441 g/mol. The summed E-state index contributed by atoms with van der Waals surface area (Å²) in [6.07, 6.45) is 4.09. The van der Waals surface area contributed by atoms with Crippen LogP contribution in [-0.4, -0.2) is 53.5 Å². The second kappa shape index (κ2) is 10.2. The Morgan fingerprint density at radius 2 is 1.94 bits per heavy atom. The van der Waals surface area contributed by atoms with Gasteiger partial charge in [-0.05, 0) is 48.3 Å². The third-order valence-corrected chi connectivity index (χ3v) is 7.05. The minimum atomic E-state index is 0.526. The van der Waals surface area contributed by atoms with Crippen LogP contribution in [0.3, 0.4) is 0 Å². The van der Waals surface area contributed by atoms with Crippen molar-refractivity contribution in [3.63, 3.8) is 0 Å². The Morgan fingerprint density at radius 3 is 2.76 bits per heavy atom. The standard InChI is InChI=1S/C27H29BClN5/c1-19(21-9-3-2-4-10-21)17-33-13-7-8-20(18-33)15-30-26-14-25(22-11-5-6-12-24(22)29)32-27-23(28)16-31-34(26)27/h2-6,9-12,14,16,19-20,30H,7-8,13,15,17-18H2,1H3. The van der Waals surface area contributed by atoms with Gasteiger partial charge in [0.1, 0.15) is 13.7 Å². The second-order valence-corrected chi connectivity index (χ2v) is 9.71. The molecule has 0 amide bonds. The molecule has 1 fully saturated rings. The molecule has 3 heterocycles. The maximum absolute atomic E-state index is 6.46. The van der Waals surface area contributed by atoms with Crippen LogP contribution in [0.2, 0.25) is 5.02 Å². The van der Waals surface area contributed by atoms with Gasteiger partial charge in [0.2, 0.25) is 0 Å². The van der Waals surface area contributed by atoms with Crippen LogP contribution >= 0.6 is 11.6 Å². The zero-order chi connectivity index (χ0) is 23.5. The molecule has 0 saturated carbocycles. The van der Waals surface area contributed by atoms with Gasteiger partial charge in [-0.15, -0.1) is 0 Å². The first kappa shape index (κ1) is 22.9. The average molecular weight is 470 g/mol. The summed E-state index contributed by atoms with van der Waals surface area (Å²) < 4.78 is 1.79. The smallest absolute Gasteiger partial charge is 0.150 e. The number of nitrogens with zero attached hydrogens (tertiary/aromatic N) is 4. The number of fused-ring (bicyclic) bond motifs is 1. The third kappa shape index (κ3) is 4.98. The van der Waals surface area contributed by atoms with Gasteiger partial charge >= 0.3 is 0 Å². The molecule has 7 heteroatoms. The van der Waals surface area contributed by atoms with Gasteiger partial charge in [-0.2, -0.15) is 9.61 Å². The predicted octanol–water partition coefficient (Wildman–Crippen LogP) is 4.77. The highest BCUT2D eigenvalue weighted by Gasteiger charge is 2.22. The number of benzene rings is 2. The molecule has 5 nitrogen and oxygen atoms in total. The lowest BCUT2D eigenvalue weighted by molar-refractivity contribution is 0.173. The molecule has 2 unspecified atom stereocenters. The normalized spacial score (nSPS) is 17.6. The molecule has 0 spiro atoms. The molecule has 2 atom stereocenters. The van der Waals surface area contributed by atoms with E-state index in [1.165, 1.54) is 24.9 Å². The topological polar surface area (TPSA) is 45.5 Å². The Hall–Kier alpha value is -2.83. The van der Waals surface area contributed by atoms with Gasteiger partial charge in [-0.1, -0.05) is 67.1 Å². The van der Waals surface area contributed by atoms with E-state index in [-0.39, 0.29) is 0 Å². The van der Waals surface area contributed by atoms with E-state index >= 15 is 0 Å². The molecule has 0 bridgehead atoms. The fourth-order valence-electron chi connectivity index (χ4n) is 4.92. The van der Waals surface area contributed by atoms with E-state index in [0.717, 1.165) is 36.7 Å². The van der Waals surface area contributed by atoms with E-state index in [1.807, 2.05) is 30.3 Å². The van der Waals surface area contributed by atoms with Crippen LogP contribution in [0.25, 0.3) is 16.9 Å². The number of nitrogens with one attached hydrogen (secondary N) is 1. The largest absolute Gasteiger partial charge is 0.370 e. The van der Waals surface area contributed by atoms with Crippen LogP contribution in [0.15, 0.2) is 66.9 Å². The van der Waals surface area contributed by atoms with E-state index < -0.39 is 0 Å². The number of hydrogen-bond donors (Lipinski definition) is 1. The second-order valence-electron chi connectivity index (χ2n) is 9.30. The van der Waals surface area contributed by atoms with Crippen LogP contribution in [-0.2, 0) is 0 Å². The first-order valence-corrected chi connectivity index (χ1v) is 12.4. The Bertz CT molecular complexity index is 1260. The van der Waals surface area contributed by atoms with Crippen molar-refractivity contribution >= 4 is 36.4 Å². The third-order valence-electron chi connectivity index (χ3n) is 6.72. The molecule has 2 aromatic carbocycles. The Labute approximate surface area is 207 Å². The summed E-state index contributed by atoms with van der Waals surface area (Å²) in [5, 5.41) is 8.76. The predicted molar refractivity (Wildman–Crippen MR) is 141 cm³/mol. The number of anilines is 1. The number of likely N-dealkylation sites (tertiary alicyclic amines) is 1. The molecular formula is C27H29BClN5. The summed E-state index contributed by atoms with van der Waals surface area (Å²) in [5.74, 6) is 1.97. The van der Waals surface area contributed by atoms with Crippen LogP contribution in [0.1, 0.15) is 31.2 Å². The number of hydrogen-bond acceptors (Lipinski definition) is 4. The highest BCUT2D eigenvalue weighted by atomic mass is 35.5. The molecule has 4 aromatic rings. The van der Waals surface area contributed by atoms with E-state index in [2.05, 4.69) is 52.6 Å². The number of rotatable bonds is 7. The van der Waals surface area contributed by atoms with Gasteiger partial charge < -0.3 is 10.2 Å². The Morgan fingerprint density at radius 1 is 1.15 bits per heavy atom. The minimum absolute atomic E-state index is 0.526. The first-order chi connectivity index (χ1) is 16.6. The zero-order valence-electron chi connectivity index (χ0n) is 19.5. The van der Waals surface area contributed by atoms with Crippen molar-refractivity contribution in [3.05, 3.63) is 77.4 Å². The summed E-state index contributed by atoms with van der Waals surface area (Å²) in [6.45, 7) is 6.54. The first-order valence-electron chi connectivity index (χ1n) is 12.0. The van der Waals surface area contributed by atoms with Crippen molar-refractivity contribution in [2.24, 2.45) is 5.92 Å². The lowest BCUT2D eigenvalue weighted by Crippen LogP contribution is -2.40. The SMILES string of the molecule is [B]c1cnn2c(NCC3CCCN(CC(C)c4ccccc4)C3)cc(-c3ccccc3Cl)nc12. The molecule has 5 rings (SSSR count). The van der Waals surface area contributed by atoms with Gasteiger partial charge in [-0.3, -0.25) is 0 Å². The summed E-state index contributed by atoms with van der Waals surface area (Å²) in [7, 11) is 6.17. The van der Waals surface area contributed by atoms with Crippen molar-refractivity contribution < 1.29 is 0 Å². The minimum Gasteiger partial charge on any atom is -0.370 e. The van der Waals surface area contributed by atoms with E-state index in [0.29, 0.717) is 28.0 Å². The lowest BCUT2D eigenvalue weighted by Gasteiger charge is -2.34.